The number of esters is 1. The molecule has 0 spiro atoms. The van der Waals surface area contributed by atoms with Crippen LogP contribution in [0, 0.1) is 0 Å². The topological polar surface area (TPSA) is 85.3 Å². The number of para-hydroxylation sites is 1. The van der Waals surface area contributed by atoms with Crippen LogP contribution in [0.25, 0.3) is 10.6 Å². The Morgan fingerprint density at radius 2 is 1.56 bits per heavy atom. The summed E-state index contributed by atoms with van der Waals surface area (Å²) in [5.41, 5.74) is 1.73. The Morgan fingerprint density at radius 1 is 0.882 bits per heavy atom. The number of hydrogen-bond donors (Lipinski definition) is 0. The van der Waals surface area contributed by atoms with E-state index in [4.69, 9.17) is 28.4 Å². The van der Waals surface area contributed by atoms with E-state index in [1.54, 1.807) is 26.4 Å². The van der Waals surface area contributed by atoms with E-state index in [0.717, 1.165) is 10.6 Å². The summed E-state index contributed by atoms with van der Waals surface area (Å²) in [5, 5.41) is 2.58. The molecule has 182 valence electrons. The van der Waals surface area contributed by atoms with Crippen LogP contribution in [0.2, 0.25) is 0 Å². The number of carbonyl (C=O) groups excluding carboxylic acids is 1. The SMILES string of the molecule is CCOc1cc(C(=O)OCc2csc(-c3cccc(OC)c3OC)n2)cc(OCC)c1OCC. The fourth-order valence-corrected chi connectivity index (χ4v) is 4.11. The summed E-state index contributed by atoms with van der Waals surface area (Å²) in [5.74, 6) is 2.04. The van der Waals surface area contributed by atoms with Crippen molar-refractivity contribution in [2.45, 2.75) is 27.4 Å². The summed E-state index contributed by atoms with van der Waals surface area (Å²) < 4.78 is 33.4. The van der Waals surface area contributed by atoms with Crippen LogP contribution in [0.1, 0.15) is 36.8 Å². The Kier molecular flexibility index (Phi) is 8.98. The highest BCUT2D eigenvalue weighted by molar-refractivity contribution is 7.13. The normalized spacial score (nSPS) is 10.5. The summed E-state index contributed by atoms with van der Waals surface area (Å²) >= 11 is 1.43. The fraction of sp³-hybridized carbons (Fsp3) is 0.360. The standard InChI is InChI=1S/C25H29NO7S/c1-6-30-20-12-16(13-21(31-7-2)23(20)32-8-3)25(27)33-14-17-15-34-24(26-17)18-10-9-11-19(28-4)22(18)29-5/h9-13,15H,6-8,14H2,1-5H3. The van der Waals surface area contributed by atoms with E-state index in [1.807, 2.05) is 44.4 Å². The molecule has 1 heterocycles. The van der Waals surface area contributed by atoms with Gasteiger partial charge >= 0.3 is 5.97 Å². The van der Waals surface area contributed by atoms with E-state index in [-0.39, 0.29) is 6.61 Å². The van der Waals surface area contributed by atoms with Crippen LogP contribution >= 0.6 is 11.3 Å². The third-order valence-corrected chi connectivity index (χ3v) is 5.61. The molecule has 0 amide bonds. The Morgan fingerprint density at radius 3 is 2.15 bits per heavy atom. The number of benzene rings is 2. The third-order valence-electron chi connectivity index (χ3n) is 4.68. The van der Waals surface area contributed by atoms with Crippen LogP contribution in [-0.4, -0.2) is 45.0 Å². The molecule has 0 aliphatic heterocycles. The Bertz CT molecular complexity index is 1090. The summed E-state index contributed by atoms with van der Waals surface area (Å²) in [7, 11) is 3.17. The van der Waals surface area contributed by atoms with E-state index >= 15 is 0 Å². The molecule has 0 N–H and O–H groups in total. The minimum atomic E-state index is -0.515. The quantitative estimate of drug-likeness (QED) is 0.315. The predicted octanol–water partition coefficient (Wildman–Crippen LogP) is 5.38. The van der Waals surface area contributed by atoms with Gasteiger partial charge in [0.15, 0.2) is 23.0 Å². The van der Waals surface area contributed by atoms with E-state index in [1.165, 1.54) is 11.3 Å². The Labute approximate surface area is 203 Å². The highest BCUT2D eigenvalue weighted by Gasteiger charge is 2.20. The van der Waals surface area contributed by atoms with Crippen molar-refractivity contribution >= 4 is 17.3 Å². The van der Waals surface area contributed by atoms with Gasteiger partial charge < -0.3 is 28.4 Å². The number of ether oxygens (including phenoxy) is 6. The van der Waals surface area contributed by atoms with Gasteiger partial charge in [0, 0.05) is 5.38 Å². The highest BCUT2D eigenvalue weighted by atomic mass is 32.1. The first kappa shape index (κ1) is 25.2. The number of methoxy groups -OCH3 is 2. The smallest absolute Gasteiger partial charge is 0.338 e. The number of thiazole rings is 1. The first-order valence-corrected chi connectivity index (χ1v) is 11.8. The first-order valence-electron chi connectivity index (χ1n) is 10.9. The van der Waals surface area contributed by atoms with Crippen molar-refractivity contribution in [3.05, 3.63) is 47.0 Å². The number of aromatic nitrogens is 1. The second-order valence-corrected chi connectivity index (χ2v) is 7.72. The molecule has 0 unspecified atom stereocenters. The van der Waals surface area contributed by atoms with Gasteiger partial charge in [-0.3, -0.25) is 0 Å². The van der Waals surface area contributed by atoms with Gasteiger partial charge in [0.25, 0.3) is 0 Å². The molecule has 0 aliphatic rings. The molecule has 8 nitrogen and oxygen atoms in total. The van der Waals surface area contributed by atoms with E-state index in [9.17, 15) is 4.79 Å². The van der Waals surface area contributed by atoms with Gasteiger partial charge in [-0.05, 0) is 45.0 Å². The Balaban J connectivity index is 1.79. The average molecular weight is 488 g/mol. The Hall–Kier alpha value is -3.46. The van der Waals surface area contributed by atoms with Crippen LogP contribution in [0.3, 0.4) is 0 Å². The van der Waals surface area contributed by atoms with Crippen LogP contribution in [0.5, 0.6) is 28.7 Å². The lowest BCUT2D eigenvalue weighted by molar-refractivity contribution is 0.0467. The van der Waals surface area contributed by atoms with Crippen molar-refractivity contribution < 1.29 is 33.2 Å². The van der Waals surface area contributed by atoms with Crippen LogP contribution in [0.15, 0.2) is 35.7 Å². The third kappa shape index (κ3) is 5.72. The van der Waals surface area contributed by atoms with Gasteiger partial charge in [0.05, 0.1) is 50.9 Å². The summed E-state index contributed by atoms with van der Waals surface area (Å²) in [4.78, 5) is 17.4. The molecule has 3 aromatic rings. The monoisotopic (exact) mass is 487 g/mol. The van der Waals surface area contributed by atoms with Crippen LogP contribution < -0.4 is 23.7 Å². The molecular formula is C25H29NO7S. The van der Waals surface area contributed by atoms with Gasteiger partial charge in [-0.15, -0.1) is 11.3 Å². The van der Waals surface area contributed by atoms with Crippen molar-refractivity contribution in [2.75, 3.05) is 34.0 Å². The zero-order valence-corrected chi connectivity index (χ0v) is 20.8. The molecular weight excluding hydrogens is 458 g/mol. The maximum atomic E-state index is 12.8. The zero-order chi connectivity index (χ0) is 24.5. The summed E-state index contributed by atoms with van der Waals surface area (Å²) in [6, 6.07) is 8.80. The first-order chi connectivity index (χ1) is 16.6. The van der Waals surface area contributed by atoms with Crippen LogP contribution in [-0.2, 0) is 11.3 Å². The molecule has 0 atom stereocenters. The van der Waals surface area contributed by atoms with E-state index < -0.39 is 5.97 Å². The summed E-state index contributed by atoms with van der Waals surface area (Å²) in [6.45, 7) is 6.88. The van der Waals surface area contributed by atoms with Gasteiger partial charge in [-0.2, -0.15) is 0 Å². The lowest BCUT2D eigenvalue weighted by Gasteiger charge is -2.16. The number of nitrogens with zero attached hydrogens (tertiary/aromatic N) is 1. The van der Waals surface area contributed by atoms with Gasteiger partial charge in [-0.1, -0.05) is 6.07 Å². The van der Waals surface area contributed by atoms with Crippen molar-refractivity contribution in [1.29, 1.82) is 0 Å². The molecule has 0 fully saturated rings. The zero-order valence-electron chi connectivity index (χ0n) is 20.0. The predicted molar refractivity (Wildman–Crippen MR) is 130 cm³/mol. The van der Waals surface area contributed by atoms with Gasteiger partial charge in [0.1, 0.15) is 11.6 Å². The second-order valence-electron chi connectivity index (χ2n) is 6.86. The van der Waals surface area contributed by atoms with Crippen LogP contribution in [0.4, 0.5) is 0 Å². The van der Waals surface area contributed by atoms with Crippen molar-refractivity contribution in [2.24, 2.45) is 0 Å². The maximum Gasteiger partial charge on any atom is 0.338 e. The lowest BCUT2D eigenvalue weighted by Crippen LogP contribution is -2.09. The van der Waals surface area contributed by atoms with Crippen molar-refractivity contribution in [3.63, 3.8) is 0 Å². The van der Waals surface area contributed by atoms with Crippen molar-refractivity contribution in [1.82, 2.24) is 4.98 Å². The molecule has 0 saturated carbocycles. The van der Waals surface area contributed by atoms with Gasteiger partial charge in [-0.25, -0.2) is 9.78 Å². The molecule has 0 radical (unpaired) electrons. The average Bonchev–Trinajstić information content (AvgIpc) is 3.33. The number of hydrogen-bond acceptors (Lipinski definition) is 9. The minimum absolute atomic E-state index is 0.0166. The molecule has 3 rings (SSSR count). The molecule has 1 aromatic heterocycles. The van der Waals surface area contributed by atoms with Gasteiger partial charge in [0.2, 0.25) is 5.75 Å². The minimum Gasteiger partial charge on any atom is -0.493 e. The van der Waals surface area contributed by atoms with E-state index in [0.29, 0.717) is 59.8 Å². The summed E-state index contributed by atoms with van der Waals surface area (Å²) in [6.07, 6.45) is 0. The second kappa shape index (κ2) is 12.1. The van der Waals surface area contributed by atoms with Crippen molar-refractivity contribution in [3.8, 4) is 39.3 Å². The molecule has 9 heteroatoms. The largest absolute Gasteiger partial charge is 0.493 e. The molecule has 2 aromatic carbocycles. The molecule has 0 saturated heterocycles. The molecule has 0 bridgehead atoms. The molecule has 34 heavy (non-hydrogen) atoms. The fourth-order valence-electron chi connectivity index (χ4n) is 3.28. The highest BCUT2D eigenvalue weighted by Crippen LogP contribution is 2.40. The molecule has 0 aliphatic carbocycles. The number of carbonyl (C=O) groups is 1. The van der Waals surface area contributed by atoms with E-state index in [2.05, 4.69) is 4.98 Å². The lowest BCUT2D eigenvalue weighted by atomic mass is 10.2. The maximum absolute atomic E-state index is 12.8. The number of rotatable bonds is 12.